The van der Waals surface area contributed by atoms with E-state index in [1.54, 1.807) is 202 Å². The Bertz CT molecular complexity index is 6180. The smallest absolute Gasteiger partial charge is 0.417 e. The molecule has 672 valence electrons. The van der Waals surface area contributed by atoms with Gasteiger partial charge in [-0.1, -0.05) is 136 Å². The highest BCUT2D eigenvalue weighted by molar-refractivity contribution is 5.94. The number of carbonyl (C=O) groups is 6. The molecular weight excluding hydrogens is 1690 g/mol. The first-order valence-corrected chi connectivity index (χ1v) is 41.9. The van der Waals surface area contributed by atoms with Gasteiger partial charge in [-0.3, -0.25) is 34.1 Å². The fraction of sp³-hybridized carbons (Fsp3) is 0.172. The number of para-hydroxylation sites is 1. The molecule has 6 amide bonds. The van der Waals surface area contributed by atoms with E-state index < -0.39 is 17.6 Å². The average molecular weight is 1780 g/mol. The molecule has 0 atom stereocenters. The molecule has 0 radical (unpaired) electrons. The van der Waals surface area contributed by atoms with Crippen LogP contribution in [0.1, 0.15) is 61.8 Å². The first-order chi connectivity index (χ1) is 64.2. The summed E-state index contributed by atoms with van der Waals surface area (Å²) in [5, 5.41) is 25.2. The van der Waals surface area contributed by atoms with Gasteiger partial charge in [0.15, 0.2) is 0 Å². The van der Waals surface area contributed by atoms with Gasteiger partial charge in [0, 0.05) is 108 Å². The number of alkyl halides is 3. The van der Waals surface area contributed by atoms with Crippen LogP contribution in [0, 0.1) is 17.2 Å². The van der Waals surface area contributed by atoms with Gasteiger partial charge in [-0.25, -0.2) is 29.9 Å². The van der Waals surface area contributed by atoms with Crippen LogP contribution in [-0.4, -0.2) is 104 Å². The molecule has 30 nitrogen and oxygen atoms in total. The molecule has 33 heteroatoms. The molecule has 6 N–H and O–H groups in total. The number of rotatable bonds is 29. The number of hydrogen-bond donors (Lipinski definition) is 6. The van der Waals surface area contributed by atoms with Crippen molar-refractivity contribution in [2.45, 2.75) is 104 Å². The molecule has 1 fully saturated rings. The molecule has 7 aromatic heterocycles. The van der Waals surface area contributed by atoms with Gasteiger partial charge in [0.1, 0.15) is 74.2 Å². The quantitative estimate of drug-likeness (QED) is 0.0254. The summed E-state index contributed by atoms with van der Waals surface area (Å²) in [4.78, 5) is 98.7. The Hall–Kier alpha value is -16.9. The Balaban J connectivity index is 0.000000143. The van der Waals surface area contributed by atoms with Crippen LogP contribution in [-0.2, 0) is 92.0 Å². The van der Waals surface area contributed by atoms with Gasteiger partial charge in [0.25, 0.3) is 0 Å². The summed E-state index contributed by atoms with van der Waals surface area (Å²) in [5.41, 5.74) is 7.52. The number of benzene rings is 9. The Morgan fingerprint density at radius 2 is 0.750 bits per heavy atom. The normalized spacial score (nSPS) is 11.3. The molecule has 1 aliphatic carbocycles. The lowest BCUT2D eigenvalue weighted by Crippen LogP contribution is -2.18. The first-order valence-electron chi connectivity index (χ1n) is 41.9. The summed E-state index contributed by atoms with van der Waals surface area (Å²) < 4.78 is 72.9. The number of amides is 6. The zero-order chi connectivity index (χ0) is 92.5. The second-order valence-corrected chi connectivity index (χ2v) is 30.1. The van der Waals surface area contributed by atoms with E-state index in [2.05, 4.69) is 98.8 Å². The van der Waals surface area contributed by atoms with Crippen molar-refractivity contribution < 1.29 is 60.6 Å². The molecule has 132 heavy (non-hydrogen) atoms. The molecule has 0 saturated heterocycles. The van der Waals surface area contributed by atoms with Crippen LogP contribution >= 0.6 is 0 Å². The number of nitriles is 1. The van der Waals surface area contributed by atoms with Crippen LogP contribution in [0.5, 0.6) is 23.0 Å². The number of ether oxygens (including phenoxy) is 3. The van der Waals surface area contributed by atoms with Crippen molar-refractivity contribution in [3.05, 3.63) is 371 Å². The maximum Gasteiger partial charge on any atom is 0.417 e. The van der Waals surface area contributed by atoms with Crippen LogP contribution in [0.2, 0.25) is 0 Å². The van der Waals surface area contributed by atoms with Gasteiger partial charge < -0.3 is 72.6 Å². The van der Waals surface area contributed by atoms with Crippen LogP contribution in [0.25, 0.3) is 22.4 Å². The summed E-state index contributed by atoms with van der Waals surface area (Å²) in [7, 11) is 0. The molecule has 7 heterocycles. The van der Waals surface area contributed by atoms with Crippen molar-refractivity contribution in [1.82, 2.24) is 62.3 Å². The maximum absolute atomic E-state index is 13.4. The highest BCUT2D eigenvalue weighted by Crippen LogP contribution is 2.39. The predicted molar refractivity (Wildman–Crippen MR) is 493 cm³/mol. The number of oxazole rings is 1. The van der Waals surface area contributed by atoms with Gasteiger partial charge in [-0.05, 0) is 169 Å². The number of carbonyl (C=O) groups excluding carboxylic acids is 6. The number of hydrogen-bond acceptors (Lipinski definition) is 18. The summed E-state index contributed by atoms with van der Waals surface area (Å²) in [6.07, 6.45) is 32.9. The summed E-state index contributed by atoms with van der Waals surface area (Å²) in [6, 6.07) is 70.6. The summed E-state index contributed by atoms with van der Waals surface area (Å²) >= 11 is 0. The van der Waals surface area contributed by atoms with E-state index in [-0.39, 0.29) is 86.1 Å². The molecule has 1 aliphatic rings. The van der Waals surface area contributed by atoms with Gasteiger partial charge >= 0.3 is 12.2 Å². The van der Waals surface area contributed by atoms with Crippen molar-refractivity contribution >= 4 is 69.9 Å². The minimum Gasteiger partial charge on any atom is -0.457 e. The van der Waals surface area contributed by atoms with Crippen LogP contribution in [0.4, 0.5) is 47.6 Å². The third-order valence-corrected chi connectivity index (χ3v) is 19.2. The largest absolute Gasteiger partial charge is 0.457 e. The zero-order valence-electron chi connectivity index (χ0n) is 72.0. The molecule has 0 spiro atoms. The van der Waals surface area contributed by atoms with Gasteiger partial charge in [0.05, 0.1) is 67.9 Å². The molecular formula is C99H95F3N20O10. The fourth-order valence-electron chi connectivity index (χ4n) is 13.0. The molecule has 1 saturated carbocycles. The molecule has 0 aliphatic heterocycles. The second-order valence-electron chi connectivity index (χ2n) is 30.1. The number of halogens is 3. The number of imidazole rings is 6. The van der Waals surface area contributed by atoms with Gasteiger partial charge in [0.2, 0.25) is 35.4 Å². The monoisotopic (exact) mass is 1780 g/mol. The van der Waals surface area contributed by atoms with Crippen molar-refractivity contribution in [2.24, 2.45) is 5.92 Å². The lowest BCUT2D eigenvalue weighted by Gasteiger charge is -2.15. The molecule has 9 aromatic carbocycles. The van der Waals surface area contributed by atoms with E-state index in [9.17, 15) is 41.9 Å². The average Bonchev–Trinajstić information content (AvgIpc) is 1.56. The van der Waals surface area contributed by atoms with Crippen LogP contribution < -0.4 is 41.4 Å². The Kier molecular flexibility index (Phi) is 35.2. The minimum absolute atomic E-state index is 0.0260. The molecule has 17 rings (SSSR count). The number of nitrogens with zero attached hydrogens (tertiary/aromatic N) is 14. The minimum atomic E-state index is -4.53. The van der Waals surface area contributed by atoms with E-state index in [1.165, 1.54) is 66.7 Å². The molecule has 16 aromatic rings. The van der Waals surface area contributed by atoms with E-state index in [0.29, 0.717) is 52.6 Å². The van der Waals surface area contributed by atoms with Crippen LogP contribution in [0.15, 0.2) is 354 Å². The third-order valence-electron chi connectivity index (χ3n) is 19.2. The standard InChI is InChI=1S/C18H14F3N3O.C18H14N4O2.C17H21N3O2.C17H15N3O2.C15H19N3O.C14H12N4O2/c19-18(20,21)16-10-14(23-17(25)11-24-9-8-22-12-24)6-7-15(16)13-4-2-1-3-5-13;19-11-14-1-5-16(6-2-14)24-17-7-3-15(4-8-17)21-18(23)12-22-10-9-20-13-22;21-17(11-20-10-9-18-13-20)19-15-7-5-14(6-8-15)12-22-16-3-1-2-4-16;21-17(12-20-11-10-18-13-20)19-14-6-8-16(9-7-14)22-15-4-2-1-3-5-15;1-12(2)9-13-3-5-14(6-4-13)17-15(19)10-18-8-7-16-11-18;19-13(8-18-7-6-15-10-18)17-14-16-12(9-20-14)11-4-2-1-3-5-11/h1-10,12H,11H2,(H,23,25);1-10,13H,12H2,(H,21,23);5-10,13,16H,1-4,11-12H2,(H,19,21);1-11,13H,12H2,(H,19,21);3-8,11-12H,9-10H2,1-2H3,(H,17,19);1-7,9-10H,8H2,(H,16,17,19). The maximum atomic E-state index is 13.4. The van der Waals surface area contributed by atoms with Crippen LogP contribution in [0.3, 0.4) is 0 Å². The predicted octanol–water partition coefficient (Wildman–Crippen LogP) is 18.6. The highest BCUT2D eigenvalue weighted by Gasteiger charge is 2.34. The van der Waals surface area contributed by atoms with Gasteiger partial charge in [-0.15, -0.1) is 0 Å². The number of nitrogens with one attached hydrogen (secondary N) is 6. The fourth-order valence-corrected chi connectivity index (χ4v) is 13.0. The van der Waals surface area contributed by atoms with Crippen molar-refractivity contribution in [3.63, 3.8) is 0 Å². The first kappa shape index (κ1) is 94.2. The Morgan fingerprint density at radius 3 is 1.11 bits per heavy atom. The van der Waals surface area contributed by atoms with E-state index in [0.717, 1.165) is 52.2 Å². The lowest BCUT2D eigenvalue weighted by atomic mass is 9.98. The van der Waals surface area contributed by atoms with Crippen molar-refractivity contribution in [1.29, 1.82) is 5.26 Å². The lowest BCUT2D eigenvalue weighted by molar-refractivity contribution is -0.137. The summed E-state index contributed by atoms with van der Waals surface area (Å²) in [6.45, 7) is 6.19. The van der Waals surface area contributed by atoms with Gasteiger partial charge in [-0.2, -0.15) is 23.4 Å². The highest BCUT2D eigenvalue weighted by atomic mass is 19.4. The summed E-state index contributed by atoms with van der Waals surface area (Å²) in [5.74, 6) is 2.44. The topological polar surface area (TPSA) is 359 Å². The number of aromatic nitrogens is 13. The van der Waals surface area contributed by atoms with E-state index in [1.807, 2.05) is 121 Å². The van der Waals surface area contributed by atoms with Crippen molar-refractivity contribution in [2.75, 3.05) is 31.9 Å². The third kappa shape index (κ3) is 32.5. The second kappa shape index (κ2) is 49.3. The Labute approximate surface area is 758 Å². The van der Waals surface area contributed by atoms with E-state index >= 15 is 0 Å². The van der Waals surface area contributed by atoms with E-state index in [4.69, 9.17) is 23.9 Å². The Morgan fingerprint density at radius 1 is 0.417 bits per heavy atom. The number of anilines is 6. The van der Waals surface area contributed by atoms with Crippen molar-refractivity contribution in [3.8, 4) is 51.5 Å². The SMILES string of the molecule is CC(C)Cc1ccc(NC(=O)Cn2ccnc2)cc1.N#Cc1ccc(Oc2ccc(NC(=O)Cn3ccnc3)cc2)cc1.O=C(Cn1ccnc1)Nc1ccc(-c2ccccc2)c(C(F)(F)F)c1.O=C(Cn1ccnc1)Nc1ccc(COC2CCCC2)cc1.O=C(Cn1ccnc1)Nc1ccc(Oc2ccccc2)cc1.O=C(Cn1ccnc1)Nc1nc(-c2ccccc2)co1. The molecule has 0 unspecified atom stereocenters. The molecule has 0 bridgehead atoms. The zero-order valence-corrected chi connectivity index (χ0v) is 72.0.